The number of amides is 3. The number of rotatable bonds is 4. The maximum Gasteiger partial charge on any atom is 0.325 e. The van der Waals surface area contributed by atoms with Gasteiger partial charge in [0.15, 0.2) is 17.3 Å². The average molecular weight is 402 g/mol. The Hall–Kier alpha value is -3.49. The molecule has 150 valence electrons. The third kappa shape index (κ3) is 3.18. The van der Waals surface area contributed by atoms with Crippen LogP contribution < -0.4 is 14.8 Å². The summed E-state index contributed by atoms with van der Waals surface area (Å²) in [4.78, 5) is 38.5. The minimum atomic E-state index is -1.82. The number of imide groups is 1. The Kier molecular flexibility index (Phi) is 4.45. The molecule has 9 heteroatoms. The van der Waals surface area contributed by atoms with Gasteiger partial charge in [0.1, 0.15) is 30.4 Å². The molecule has 1 fully saturated rings. The molecule has 1 atom stereocenters. The molecule has 0 unspecified atom stereocenters. The number of hydrogen-bond donors (Lipinski definition) is 1. The van der Waals surface area contributed by atoms with Crippen molar-refractivity contribution in [2.45, 2.75) is 12.5 Å². The molecular formula is C20H16F2N2O5. The predicted molar refractivity (Wildman–Crippen MR) is 95.7 cm³/mol. The molecule has 2 aliphatic heterocycles. The maximum atomic E-state index is 14.2. The lowest BCUT2D eigenvalue weighted by atomic mass is 9.91. The lowest BCUT2D eigenvalue weighted by molar-refractivity contribution is -0.130. The quantitative estimate of drug-likeness (QED) is 0.627. The Morgan fingerprint density at radius 2 is 1.83 bits per heavy atom. The molecule has 2 aromatic carbocycles. The monoisotopic (exact) mass is 402 g/mol. The largest absolute Gasteiger partial charge is 0.486 e. The summed E-state index contributed by atoms with van der Waals surface area (Å²) in [6, 6.07) is 6.30. The van der Waals surface area contributed by atoms with Crippen LogP contribution in [0.2, 0.25) is 0 Å². The van der Waals surface area contributed by atoms with Crippen molar-refractivity contribution < 1.29 is 32.6 Å². The van der Waals surface area contributed by atoms with Crippen molar-refractivity contribution in [3.05, 3.63) is 59.2 Å². The van der Waals surface area contributed by atoms with Crippen LogP contribution in [0.3, 0.4) is 0 Å². The number of hydrogen-bond acceptors (Lipinski definition) is 5. The Labute approximate surface area is 164 Å². The number of benzene rings is 2. The van der Waals surface area contributed by atoms with Gasteiger partial charge in [-0.1, -0.05) is 0 Å². The number of fused-ring (bicyclic) bond motifs is 1. The molecule has 0 radical (unpaired) electrons. The van der Waals surface area contributed by atoms with E-state index in [1.807, 2.05) is 0 Å². The van der Waals surface area contributed by atoms with Gasteiger partial charge in [-0.25, -0.2) is 13.6 Å². The van der Waals surface area contributed by atoms with Gasteiger partial charge < -0.3 is 14.8 Å². The summed E-state index contributed by atoms with van der Waals surface area (Å²) in [6.45, 7) is 1.45. The molecule has 1 saturated heterocycles. The van der Waals surface area contributed by atoms with E-state index in [-0.39, 0.29) is 11.1 Å². The van der Waals surface area contributed by atoms with Crippen LogP contribution in [-0.2, 0) is 10.3 Å². The van der Waals surface area contributed by atoms with Gasteiger partial charge in [0.2, 0.25) is 0 Å². The first-order valence-corrected chi connectivity index (χ1v) is 8.82. The van der Waals surface area contributed by atoms with Gasteiger partial charge in [-0.15, -0.1) is 0 Å². The van der Waals surface area contributed by atoms with Crippen LogP contribution in [0, 0.1) is 11.6 Å². The first-order chi connectivity index (χ1) is 13.8. The van der Waals surface area contributed by atoms with E-state index in [0.29, 0.717) is 29.6 Å². The SMILES string of the molecule is C[C@@]1(c2cc(F)ccc2F)NC(=O)N(CC(=O)c2ccc3c(c2)OCCO3)C1=O. The molecule has 7 nitrogen and oxygen atoms in total. The van der Waals surface area contributed by atoms with Crippen molar-refractivity contribution in [3.63, 3.8) is 0 Å². The van der Waals surface area contributed by atoms with Crippen LogP contribution in [0.1, 0.15) is 22.8 Å². The first-order valence-electron chi connectivity index (χ1n) is 8.82. The molecule has 0 aromatic heterocycles. The number of ketones is 1. The molecule has 4 rings (SSSR count). The molecule has 0 saturated carbocycles. The van der Waals surface area contributed by atoms with Gasteiger partial charge in [0.25, 0.3) is 5.91 Å². The highest BCUT2D eigenvalue weighted by Gasteiger charge is 2.50. The summed E-state index contributed by atoms with van der Waals surface area (Å²) in [5.74, 6) is -2.08. The number of carbonyl (C=O) groups is 3. The number of nitrogens with zero attached hydrogens (tertiary/aromatic N) is 1. The average Bonchev–Trinajstić information content (AvgIpc) is 2.93. The Balaban J connectivity index is 1.58. The summed E-state index contributed by atoms with van der Waals surface area (Å²) in [5, 5.41) is 2.36. The van der Waals surface area contributed by atoms with Crippen molar-refractivity contribution in [3.8, 4) is 11.5 Å². The summed E-state index contributed by atoms with van der Waals surface area (Å²) in [5.41, 5.74) is -1.92. The zero-order chi connectivity index (χ0) is 20.8. The third-order valence-electron chi connectivity index (χ3n) is 4.91. The molecule has 2 aliphatic rings. The lowest BCUT2D eigenvalue weighted by Gasteiger charge is -2.23. The van der Waals surface area contributed by atoms with Crippen molar-refractivity contribution >= 4 is 17.7 Å². The minimum absolute atomic E-state index is 0.223. The standard InChI is InChI=1S/C20H16F2N2O5/c1-20(13-9-12(21)3-4-14(13)22)18(26)24(19(27)23-20)10-15(25)11-2-5-16-17(8-11)29-7-6-28-16/h2-5,8-9H,6-7,10H2,1H3,(H,23,27)/t20-/m0/s1. The van der Waals surface area contributed by atoms with Crippen LogP contribution in [0.25, 0.3) is 0 Å². The topological polar surface area (TPSA) is 84.9 Å². The first kappa shape index (κ1) is 18.9. The van der Waals surface area contributed by atoms with Crippen molar-refractivity contribution in [1.82, 2.24) is 10.2 Å². The highest BCUT2D eigenvalue weighted by atomic mass is 19.1. The highest BCUT2D eigenvalue weighted by molar-refractivity contribution is 6.11. The fraction of sp³-hybridized carbons (Fsp3) is 0.250. The highest BCUT2D eigenvalue weighted by Crippen LogP contribution is 2.33. The number of nitrogens with one attached hydrogen (secondary N) is 1. The second-order valence-corrected chi connectivity index (χ2v) is 6.85. The number of Topliss-reactive ketones (excluding diaryl/α,β-unsaturated/α-hetero) is 1. The lowest BCUT2D eigenvalue weighted by Crippen LogP contribution is -2.42. The summed E-state index contributed by atoms with van der Waals surface area (Å²) >= 11 is 0. The van der Waals surface area contributed by atoms with E-state index in [2.05, 4.69) is 5.32 Å². The molecule has 2 heterocycles. The molecule has 0 aliphatic carbocycles. The smallest absolute Gasteiger partial charge is 0.325 e. The second kappa shape index (κ2) is 6.84. The van der Waals surface area contributed by atoms with Gasteiger partial charge >= 0.3 is 6.03 Å². The van der Waals surface area contributed by atoms with E-state index in [0.717, 1.165) is 18.2 Å². The van der Waals surface area contributed by atoms with Crippen molar-refractivity contribution in [1.29, 1.82) is 0 Å². The molecule has 2 aromatic rings. The van der Waals surface area contributed by atoms with Gasteiger partial charge in [0.05, 0.1) is 6.54 Å². The Morgan fingerprint density at radius 3 is 2.59 bits per heavy atom. The van der Waals surface area contributed by atoms with Crippen LogP contribution in [0.15, 0.2) is 36.4 Å². The normalized spacial score (nSPS) is 20.6. The molecule has 0 bridgehead atoms. The summed E-state index contributed by atoms with van der Waals surface area (Å²) in [6.07, 6.45) is 0. The van der Waals surface area contributed by atoms with E-state index in [9.17, 15) is 23.2 Å². The van der Waals surface area contributed by atoms with E-state index in [1.54, 1.807) is 6.07 Å². The molecule has 29 heavy (non-hydrogen) atoms. The zero-order valence-corrected chi connectivity index (χ0v) is 15.3. The van der Waals surface area contributed by atoms with Crippen molar-refractivity contribution in [2.75, 3.05) is 19.8 Å². The zero-order valence-electron chi connectivity index (χ0n) is 15.3. The van der Waals surface area contributed by atoms with Crippen LogP contribution in [-0.4, -0.2) is 42.4 Å². The fourth-order valence-corrected chi connectivity index (χ4v) is 3.36. The predicted octanol–water partition coefficient (Wildman–Crippen LogP) is 2.39. The second-order valence-electron chi connectivity index (χ2n) is 6.85. The van der Waals surface area contributed by atoms with Crippen LogP contribution >= 0.6 is 0 Å². The minimum Gasteiger partial charge on any atom is -0.486 e. The number of urea groups is 1. The van der Waals surface area contributed by atoms with Crippen LogP contribution in [0.4, 0.5) is 13.6 Å². The summed E-state index contributed by atoms with van der Waals surface area (Å²) in [7, 11) is 0. The molecule has 1 N–H and O–H groups in total. The van der Waals surface area contributed by atoms with Gasteiger partial charge in [-0.05, 0) is 43.3 Å². The van der Waals surface area contributed by atoms with Gasteiger partial charge in [-0.3, -0.25) is 14.5 Å². The number of halogens is 2. The Bertz CT molecular complexity index is 1040. The fourth-order valence-electron chi connectivity index (χ4n) is 3.36. The van der Waals surface area contributed by atoms with Gasteiger partial charge in [0, 0.05) is 11.1 Å². The maximum absolute atomic E-state index is 14.2. The van der Waals surface area contributed by atoms with Crippen molar-refractivity contribution in [2.24, 2.45) is 0 Å². The Morgan fingerprint density at radius 1 is 1.10 bits per heavy atom. The van der Waals surface area contributed by atoms with Crippen LogP contribution in [0.5, 0.6) is 11.5 Å². The van der Waals surface area contributed by atoms with Gasteiger partial charge in [-0.2, -0.15) is 0 Å². The third-order valence-corrected chi connectivity index (χ3v) is 4.91. The van der Waals surface area contributed by atoms with E-state index in [1.165, 1.54) is 19.1 Å². The van der Waals surface area contributed by atoms with E-state index in [4.69, 9.17) is 9.47 Å². The number of carbonyl (C=O) groups excluding carboxylic acids is 3. The van der Waals surface area contributed by atoms with E-state index < -0.39 is 41.4 Å². The summed E-state index contributed by atoms with van der Waals surface area (Å²) < 4.78 is 38.6. The van der Waals surface area contributed by atoms with E-state index >= 15 is 0 Å². The molecular weight excluding hydrogens is 386 g/mol. The molecule has 3 amide bonds. The molecule has 0 spiro atoms. The number of ether oxygens (including phenoxy) is 2.